The van der Waals surface area contributed by atoms with Gasteiger partial charge < -0.3 is 9.47 Å². The lowest BCUT2D eigenvalue weighted by Crippen LogP contribution is -2.18. The van der Waals surface area contributed by atoms with Gasteiger partial charge in [-0.05, 0) is 43.9 Å². The molecule has 0 aliphatic heterocycles. The minimum atomic E-state index is -0.0967. The number of hydrogen-bond acceptors (Lipinski definition) is 3. The van der Waals surface area contributed by atoms with Gasteiger partial charge in [0.25, 0.3) is 0 Å². The van der Waals surface area contributed by atoms with E-state index in [2.05, 4.69) is 64.2 Å². The Bertz CT molecular complexity index is 441. The molecule has 0 atom stereocenters. The smallest absolute Gasteiger partial charge is 0.305 e. The van der Waals surface area contributed by atoms with Crippen molar-refractivity contribution in [2.45, 2.75) is 91.9 Å². The molecule has 0 rings (SSSR count). The van der Waals surface area contributed by atoms with Crippen molar-refractivity contribution in [1.82, 2.24) is 0 Å². The van der Waals surface area contributed by atoms with Gasteiger partial charge in [-0.3, -0.25) is 4.79 Å². The van der Waals surface area contributed by atoms with Crippen molar-refractivity contribution in [3.05, 3.63) is 36.5 Å². The topological polar surface area (TPSA) is 35.5 Å². The average Bonchev–Trinajstić information content (AvgIpc) is 2.63. The first-order chi connectivity index (χ1) is 13.5. The molecule has 3 nitrogen and oxygen atoms in total. The lowest BCUT2D eigenvalue weighted by atomic mass is 9.99. The lowest BCUT2D eigenvalue weighted by molar-refractivity contribution is -0.145. The van der Waals surface area contributed by atoms with Crippen molar-refractivity contribution in [3.63, 3.8) is 0 Å². The van der Waals surface area contributed by atoms with E-state index >= 15 is 0 Å². The highest BCUT2D eigenvalue weighted by molar-refractivity contribution is 5.69. The van der Waals surface area contributed by atoms with Gasteiger partial charge in [0.05, 0.1) is 13.2 Å². The van der Waals surface area contributed by atoms with E-state index in [9.17, 15) is 4.79 Å². The van der Waals surface area contributed by atoms with Crippen LogP contribution in [0.5, 0.6) is 0 Å². The highest BCUT2D eigenvalue weighted by Crippen LogP contribution is 2.12. The summed E-state index contributed by atoms with van der Waals surface area (Å²) in [7, 11) is 0. The number of ether oxygens (including phenoxy) is 2. The summed E-state index contributed by atoms with van der Waals surface area (Å²) in [5.41, 5.74) is 0.155. The lowest BCUT2D eigenvalue weighted by Gasteiger charge is -2.17. The van der Waals surface area contributed by atoms with E-state index in [1.165, 1.54) is 19.3 Å². The number of carbonyl (C=O) groups is 1. The van der Waals surface area contributed by atoms with Gasteiger partial charge in [0.1, 0.15) is 6.61 Å². The van der Waals surface area contributed by atoms with Crippen molar-refractivity contribution in [1.29, 1.82) is 0 Å². The second-order valence-electron chi connectivity index (χ2n) is 8.43. The van der Waals surface area contributed by atoms with Crippen LogP contribution < -0.4 is 0 Å². The molecular formula is C25H44O3. The standard InChI is InChI=1S/C25H44O3/c1-5-6-7-8-9-10-11-12-13-14-15-16-17-18-19-20-24(26)28-22-21-27-23-25(2,3)4/h6-7,9-10,12-13H,5,8,11,14-23H2,1-4H3/b7-6-,10-9-,13-12-. The maximum absolute atomic E-state index is 11.6. The zero-order chi connectivity index (χ0) is 20.9. The summed E-state index contributed by atoms with van der Waals surface area (Å²) in [5, 5.41) is 0. The number of rotatable bonds is 17. The van der Waals surface area contributed by atoms with Gasteiger partial charge in [0.15, 0.2) is 0 Å². The van der Waals surface area contributed by atoms with Gasteiger partial charge in [-0.1, -0.05) is 83.4 Å². The van der Waals surface area contributed by atoms with E-state index in [0.29, 0.717) is 26.2 Å². The van der Waals surface area contributed by atoms with Crippen LogP contribution in [0.1, 0.15) is 91.9 Å². The molecule has 0 aromatic carbocycles. The number of allylic oxidation sites excluding steroid dienone is 6. The van der Waals surface area contributed by atoms with Crippen LogP contribution >= 0.6 is 0 Å². The van der Waals surface area contributed by atoms with Gasteiger partial charge in [0.2, 0.25) is 0 Å². The summed E-state index contributed by atoms with van der Waals surface area (Å²) in [5.74, 6) is -0.0967. The van der Waals surface area contributed by atoms with Crippen molar-refractivity contribution < 1.29 is 14.3 Å². The largest absolute Gasteiger partial charge is 0.463 e. The number of carbonyl (C=O) groups excluding carboxylic acids is 1. The van der Waals surface area contributed by atoms with Crippen LogP contribution in [0.3, 0.4) is 0 Å². The highest BCUT2D eigenvalue weighted by Gasteiger charge is 2.10. The monoisotopic (exact) mass is 392 g/mol. The van der Waals surface area contributed by atoms with Crippen molar-refractivity contribution in [3.8, 4) is 0 Å². The molecule has 0 N–H and O–H groups in total. The zero-order valence-corrected chi connectivity index (χ0v) is 18.9. The molecule has 0 fully saturated rings. The molecule has 0 bridgehead atoms. The van der Waals surface area contributed by atoms with Crippen LogP contribution in [-0.2, 0) is 14.3 Å². The molecule has 0 radical (unpaired) electrons. The first-order valence-corrected chi connectivity index (χ1v) is 11.1. The first-order valence-electron chi connectivity index (χ1n) is 11.1. The average molecular weight is 393 g/mol. The Hall–Kier alpha value is -1.35. The molecule has 0 aromatic heterocycles. The van der Waals surface area contributed by atoms with Gasteiger partial charge in [0, 0.05) is 6.42 Å². The molecule has 0 unspecified atom stereocenters. The van der Waals surface area contributed by atoms with Gasteiger partial charge >= 0.3 is 5.97 Å². The predicted octanol–water partition coefficient (Wildman–Crippen LogP) is 7.18. The van der Waals surface area contributed by atoms with Gasteiger partial charge in [-0.15, -0.1) is 0 Å². The van der Waals surface area contributed by atoms with Crippen LogP contribution in [-0.4, -0.2) is 25.8 Å². The number of unbranched alkanes of at least 4 members (excludes halogenated alkanes) is 5. The van der Waals surface area contributed by atoms with Crippen LogP contribution in [0.25, 0.3) is 0 Å². The SMILES string of the molecule is CC/C=C\C/C=C\C/C=C\CCCCCCCC(=O)OCCOCC(C)(C)C. The Morgan fingerprint density at radius 2 is 1.39 bits per heavy atom. The summed E-state index contributed by atoms with van der Waals surface area (Å²) >= 11 is 0. The van der Waals surface area contributed by atoms with Crippen molar-refractivity contribution in [2.75, 3.05) is 19.8 Å². The summed E-state index contributed by atoms with van der Waals surface area (Å²) < 4.78 is 10.7. The third kappa shape index (κ3) is 22.7. The molecule has 0 spiro atoms. The van der Waals surface area contributed by atoms with E-state index in [1.807, 2.05) is 0 Å². The second kappa shape index (κ2) is 19.0. The minimum absolute atomic E-state index is 0.0967. The Balaban J connectivity index is 3.35. The van der Waals surface area contributed by atoms with E-state index in [0.717, 1.165) is 38.5 Å². The molecular weight excluding hydrogens is 348 g/mol. The van der Waals surface area contributed by atoms with Gasteiger partial charge in [-0.25, -0.2) is 0 Å². The van der Waals surface area contributed by atoms with E-state index in [-0.39, 0.29) is 11.4 Å². The molecule has 0 aliphatic rings. The summed E-state index contributed by atoms with van der Waals surface area (Å²) in [4.78, 5) is 11.6. The Kier molecular flexibility index (Phi) is 18.1. The molecule has 0 saturated carbocycles. The summed E-state index contributed by atoms with van der Waals surface area (Å²) in [6, 6.07) is 0. The minimum Gasteiger partial charge on any atom is -0.463 e. The first kappa shape index (κ1) is 26.6. The third-order valence-electron chi connectivity index (χ3n) is 4.06. The number of esters is 1. The molecule has 3 heteroatoms. The molecule has 28 heavy (non-hydrogen) atoms. The van der Waals surface area contributed by atoms with Crippen LogP contribution in [0.15, 0.2) is 36.5 Å². The molecule has 162 valence electrons. The van der Waals surface area contributed by atoms with Crippen LogP contribution in [0.4, 0.5) is 0 Å². The van der Waals surface area contributed by atoms with E-state index in [4.69, 9.17) is 9.47 Å². The maximum Gasteiger partial charge on any atom is 0.305 e. The molecule has 0 aliphatic carbocycles. The molecule has 0 amide bonds. The maximum atomic E-state index is 11.6. The molecule has 0 heterocycles. The Morgan fingerprint density at radius 1 is 0.786 bits per heavy atom. The van der Waals surface area contributed by atoms with E-state index < -0.39 is 0 Å². The van der Waals surface area contributed by atoms with Crippen molar-refractivity contribution in [2.24, 2.45) is 5.41 Å². The highest BCUT2D eigenvalue weighted by atomic mass is 16.6. The molecule has 0 saturated heterocycles. The number of hydrogen-bond donors (Lipinski definition) is 0. The normalized spacial score (nSPS) is 12.6. The quantitative estimate of drug-likeness (QED) is 0.149. The Morgan fingerprint density at radius 3 is 2.07 bits per heavy atom. The van der Waals surface area contributed by atoms with Gasteiger partial charge in [-0.2, -0.15) is 0 Å². The molecule has 0 aromatic rings. The summed E-state index contributed by atoms with van der Waals surface area (Å²) in [6.07, 6.45) is 24.0. The van der Waals surface area contributed by atoms with Crippen molar-refractivity contribution >= 4 is 5.97 Å². The summed E-state index contributed by atoms with van der Waals surface area (Å²) in [6.45, 7) is 10.1. The fraction of sp³-hybridized carbons (Fsp3) is 0.720. The predicted molar refractivity (Wildman–Crippen MR) is 120 cm³/mol. The fourth-order valence-electron chi connectivity index (χ4n) is 2.55. The zero-order valence-electron chi connectivity index (χ0n) is 18.9. The Labute approximate surface area is 174 Å². The fourth-order valence-corrected chi connectivity index (χ4v) is 2.55. The third-order valence-corrected chi connectivity index (χ3v) is 4.06. The van der Waals surface area contributed by atoms with E-state index in [1.54, 1.807) is 0 Å². The second-order valence-corrected chi connectivity index (χ2v) is 8.43. The van der Waals surface area contributed by atoms with Crippen LogP contribution in [0.2, 0.25) is 0 Å². The van der Waals surface area contributed by atoms with Crippen LogP contribution in [0, 0.1) is 5.41 Å².